The first-order valence-corrected chi connectivity index (χ1v) is 7.60. The summed E-state index contributed by atoms with van der Waals surface area (Å²) in [6.07, 6.45) is 5.36. The fourth-order valence-electron chi connectivity index (χ4n) is 2.26. The molecule has 124 valence electrons. The van der Waals surface area contributed by atoms with Crippen molar-refractivity contribution >= 4 is 11.7 Å². The predicted octanol–water partition coefficient (Wildman–Crippen LogP) is 1.81. The van der Waals surface area contributed by atoms with Crippen molar-refractivity contribution in [3.8, 4) is 11.4 Å². The van der Waals surface area contributed by atoms with E-state index in [0.29, 0.717) is 24.6 Å². The molecule has 0 aliphatic heterocycles. The summed E-state index contributed by atoms with van der Waals surface area (Å²) in [6.45, 7) is 3.10. The van der Waals surface area contributed by atoms with Crippen LogP contribution in [0, 0.1) is 6.92 Å². The summed E-state index contributed by atoms with van der Waals surface area (Å²) in [4.78, 5) is 16.2. The lowest BCUT2D eigenvalue weighted by molar-refractivity contribution is 0.251. The summed E-state index contributed by atoms with van der Waals surface area (Å²) in [5.74, 6) is 0.621. The van der Waals surface area contributed by atoms with Crippen LogP contribution in [0.3, 0.4) is 0 Å². The van der Waals surface area contributed by atoms with Gasteiger partial charge in [0.1, 0.15) is 6.33 Å². The van der Waals surface area contributed by atoms with Gasteiger partial charge in [-0.15, -0.1) is 0 Å². The van der Waals surface area contributed by atoms with Crippen LogP contribution in [0.5, 0.6) is 0 Å². The Kier molecular flexibility index (Phi) is 4.55. The van der Waals surface area contributed by atoms with Gasteiger partial charge in [0.15, 0.2) is 5.82 Å². The van der Waals surface area contributed by atoms with Crippen LogP contribution < -0.4 is 10.6 Å². The second-order valence-electron chi connectivity index (χ2n) is 5.48. The van der Waals surface area contributed by atoms with E-state index in [4.69, 9.17) is 0 Å². The Labute approximate surface area is 139 Å². The third-order valence-electron chi connectivity index (χ3n) is 3.37. The molecule has 8 nitrogen and oxygen atoms in total. The molecule has 0 aliphatic carbocycles. The van der Waals surface area contributed by atoms with Crippen LogP contribution >= 0.6 is 0 Å². The van der Waals surface area contributed by atoms with Crippen LogP contribution in [0.15, 0.2) is 43.0 Å². The fourth-order valence-corrected chi connectivity index (χ4v) is 2.26. The number of benzene rings is 1. The minimum absolute atomic E-state index is 0.259. The van der Waals surface area contributed by atoms with Gasteiger partial charge in [0.05, 0.1) is 12.7 Å². The zero-order valence-corrected chi connectivity index (χ0v) is 13.6. The predicted molar refractivity (Wildman–Crippen MR) is 90.4 cm³/mol. The lowest BCUT2D eigenvalue weighted by atomic mass is 10.2. The smallest absolute Gasteiger partial charge is 0.319 e. The third-order valence-corrected chi connectivity index (χ3v) is 3.37. The van der Waals surface area contributed by atoms with Crippen molar-refractivity contribution in [2.24, 2.45) is 7.05 Å². The van der Waals surface area contributed by atoms with E-state index in [9.17, 15) is 4.79 Å². The van der Waals surface area contributed by atoms with Gasteiger partial charge in [0.25, 0.3) is 0 Å². The number of aryl methyl sites for hydroxylation is 2. The number of hydrogen-bond acceptors (Lipinski definition) is 4. The Morgan fingerprint density at radius 3 is 2.92 bits per heavy atom. The summed E-state index contributed by atoms with van der Waals surface area (Å²) in [5.41, 5.74) is 2.63. The number of nitrogens with zero attached hydrogens (tertiary/aromatic N) is 5. The quantitative estimate of drug-likeness (QED) is 0.748. The zero-order valence-electron chi connectivity index (χ0n) is 13.6. The SMILES string of the molecule is Cc1cnn(CCNC(=O)Nc2cccc(-c3ncn(C)n3)c2)c1. The van der Waals surface area contributed by atoms with Gasteiger partial charge in [-0.1, -0.05) is 12.1 Å². The van der Waals surface area contributed by atoms with E-state index in [1.54, 1.807) is 21.9 Å². The standard InChI is InChI=1S/C16H19N7O/c1-12-9-19-23(10-12)7-6-17-16(24)20-14-5-3-4-13(8-14)15-18-11-22(2)21-15/h3-5,8-11H,6-7H2,1-2H3,(H2,17,20,24). The van der Waals surface area contributed by atoms with Gasteiger partial charge in [-0.2, -0.15) is 10.2 Å². The Morgan fingerprint density at radius 2 is 2.21 bits per heavy atom. The molecule has 0 unspecified atom stereocenters. The third kappa shape index (κ3) is 3.97. The molecule has 24 heavy (non-hydrogen) atoms. The summed E-state index contributed by atoms with van der Waals surface area (Å²) < 4.78 is 3.43. The highest BCUT2D eigenvalue weighted by atomic mass is 16.2. The second kappa shape index (κ2) is 6.95. The van der Waals surface area contributed by atoms with Crippen LogP contribution in [0.1, 0.15) is 5.56 Å². The molecule has 3 aromatic rings. The number of carbonyl (C=O) groups excluding carboxylic acids is 1. The van der Waals surface area contributed by atoms with Gasteiger partial charge < -0.3 is 10.6 Å². The number of aromatic nitrogens is 5. The Balaban J connectivity index is 1.54. The van der Waals surface area contributed by atoms with Crippen molar-refractivity contribution < 1.29 is 4.79 Å². The molecule has 0 aliphatic rings. The van der Waals surface area contributed by atoms with Crippen LogP contribution in [0.25, 0.3) is 11.4 Å². The average Bonchev–Trinajstić information content (AvgIpc) is 3.16. The van der Waals surface area contributed by atoms with Gasteiger partial charge >= 0.3 is 6.03 Å². The van der Waals surface area contributed by atoms with Gasteiger partial charge in [-0.05, 0) is 24.6 Å². The molecular formula is C16H19N7O. The van der Waals surface area contributed by atoms with Gasteiger partial charge in [-0.25, -0.2) is 9.78 Å². The molecule has 1 aromatic carbocycles. The number of amides is 2. The summed E-state index contributed by atoms with van der Waals surface area (Å²) in [6, 6.07) is 7.16. The highest BCUT2D eigenvalue weighted by Gasteiger charge is 2.06. The van der Waals surface area contributed by atoms with E-state index in [-0.39, 0.29) is 6.03 Å². The molecule has 2 N–H and O–H groups in total. The average molecular weight is 325 g/mol. The van der Waals surface area contributed by atoms with E-state index in [1.807, 2.05) is 44.4 Å². The van der Waals surface area contributed by atoms with Crippen LogP contribution in [0.2, 0.25) is 0 Å². The number of hydrogen-bond donors (Lipinski definition) is 2. The maximum absolute atomic E-state index is 12.0. The van der Waals surface area contributed by atoms with E-state index in [0.717, 1.165) is 11.1 Å². The normalized spacial score (nSPS) is 10.6. The summed E-state index contributed by atoms with van der Waals surface area (Å²) in [7, 11) is 1.81. The summed E-state index contributed by atoms with van der Waals surface area (Å²) in [5, 5.41) is 14.0. The lowest BCUT2D eigenvalue weighted by Crippen LogP contribution is -2.31. The number of carbonyl (C=O) groups is 1. The number of anilines is 1. The maximum Gasteiger partial charge on any atom is 0.319 e. The molecule has 0 radical (unpaired) electrons. The van der Waals surface area contributed by atoms with Crippen molar-refractivity contribution in [3.63, 3.8) is 0 Å². The van der Waals surface area contributed by atoms with Gasteiger partial charge in [-0.3, -0.25) is 9.36 Å². The number of nitrogens with one attached hydrogen (secondary N) is 2. The molecule has 2 amide bonds. The largest absolute Gasteiger partial charge is 0.336 e. The Hall–Kier alpha value is -3.16. The minimum Gasteiger partial charge on any atom is -0.336 e. The van der Waals surface area contributed by atoms with Gasteiger partial charge in [0.2, 0.25) is 0 Å². The van der Waals surface area contributed by atoms with E-state index < -0.39 is 0 Å². The molecule has 0 spiro atoms. The van der Waals surface area contributed by atoms with Crippen LogP contribution in [0.4, 0.5) is 10.5 Å². The topological polar surface area (TPSA) is 89.7 Å². The van der Waals surface area contributed by atoms with Crippen molar-refractivity contribution in [2.75, 3.05) is 11.9 Å². The molecule has 8 heteroatoms. The molecule has 0 saturated heterocycles. The molecule has 0 saturated carbocycles. The summed E-state index contributed by atoms with van der Waals surface area (Å²) >= 11 is 0. The monoisotopic (exact) mass is 325 g/mol. The van der Waals surface area contributed by atoms with Crippen molar-refractivity contribution in [2.45, 2.75) is 13.5 Å². The first-order chi connectivity index (χ1) is 11.6. The molecule has 3 rings (SSSR count). The number of rotatable bonds is 5. The Morgan fingerprint density at radius 1 is 1.33 bits per heavy atom. The highest BCUT2D eigenvalue weighted by molar-refractivity contribution is 5.89. The second-order valence-corrected chi connectivity index (χ2v) is 5.48. The van der Waals surface area contributed by atoms with Crippen LogP contribution in [-0.4, -0.2) is 37.1 Å². The zero-order chi connectivity index (χ0) is 16.9. The van der Waals surface area contributed by atoms with Crippen LogP contribution in [-0.2, 0) is 13.6 Å². The highest BCUT2D eigenvalue weighted by Crippen LogP contribution is 2.18. The molecular weight excluding hydrogens is 306 g/mol. The van der Waals surface area contributed by atoms with E-state index >= 15 is 0 Å². The molecule has 0 fully saturated rings. The first-order valence-electron chi connectivity index (χ1n) is 7.60. The molecule has 0 bridgehead atoms. The van der Waals surface area contributed by atoms with E-state index in [1.165, 1.54) is 0 Å². The van der Waals surface area contributed by atoms with Crippen molar-refractivity contribution in [3.05, 3.63) is 48.5 Å². The Bertz CT molecular complexity index is 836. The van der Waals surface area contributed by atoms with Gasteiger partial charge in [0, 0.05) is 31.0 Å². The molecule has 2 aromatic heterocycles. The molecule has 0 atom stereocenters. The van der Waals surface area contributed by atoms with E-state index in [2.05, 4.69) is 25.8 Å². The first kappa shape index (κ1) is 15.7. The minimum atomic E-state index is -0.259. The maximum atomic E-state index is 12.0. The van der Waals surface area contributed by atoms with Crippen molar-refractivity contribution in [1.82, 2.24) is 29.9 Å². The number of urea groups is 1. The van der Waals surface area contributed by atoms with Crippen molar-refractivity contribution in [1.29, 1.82) is 0 Å². The lowest BCUT2D eigenvalue weighted by Gasteiger charge is -2.08. The molecule has 2 heterocycles. The fraction of sp³-hybridized carbons (Fsp3) is 0.250.